The second-order valence-electron chi connectivity index (χ2n) is 2.30. The monoisotopic (exact) mass is 247 g/mol. The van der Waals surface area contributed by atoms with Crippen molar-refractivity contribution in [3.05, 3.63) is 28.5 Å². The van der Waals surface area contributed by atoms with Crippen LogP contribution in [0.25, 0.3) is 0 Å². The lowest BCUT2D eigenvalue weighted by Crippen LogP contribution is -2.42. The fourth-order valence-corrected chi connectivity index (χ4v) is 1.13. The lowest BCUT2D eigenvalue weighted by Gasteiger charge is -2.14. The molecule has 1 aromatic carbocycles. The zero-order valence-corrected chi connectivity index (χ0v) is 8.08. The van der Waals surface area contributed by atoms with Gasteiger partial charge < -0.3 is 5.73 Å². The van der Waals surface area contributed by atoms with Crippen molar-refractivity contribution < 1.29 is 9.18 Å². The number of nitrogens with two attached hydrogens (primary N) is 2. The van der Waals surface area contributed by atoms with Gasteiger partial charge in [0, 0.05) is 4.47 Å². The number of hydrazine groups is 1. The smallest absolute Gasteiger partial charge is 0.333 e. The van der Waals surface area contributed by atoms with E-state index in [1.807, 2.05) is 0 Å². The average Bonchev–Trinajstić information content (AvgIpc) is 2.03. The van der Waals surface area contributed by atoms with Gasteiger partial charge in [-0.05, 0) is 18.2 Å². The highest BCUT2D eigenvalue weighted by Gasteiger charge is 2.12. The number of anilines is 1. The Hall–Kier alpha value is -1.14. The van der Waals surface area contributed by atoms with E-state index in [4.69, 9.17) is 11.6 Å². The number of hydrogen-bond donors (Lipinski definition) is 2. The molecule has 4 N–H and O–H groups in total. The van der Waals surface area contributed by atoms with Crippen molar-refractivity contribution >= 4 is 27.6 Å². The van der Waals surface area contributed by atoms with Crippen molar-refractivity contribution in [2.45, 2.75) is 0 Å². The van der Waals surface area contributed by atoms with E-state index in [0.29, 0.717) is 9.48 Å². The van der Waals surface area contributed by atoms with E-state index in [1.54, 1.807) is 6.07 Å². The summed E-state index contributed by atoms with van der Waals surface area (Å²) in [6.07, 6.45) is 0. The molecule has 0 saturated heterocycles. The predicted octanol–water partition coefficient (Wildman–Crippen LogP) is 1.35. The molecule has 0 aliphatic rings. The SMILES string of the molecule is NC(=O)N(N)c1ccc(Br)cc1F. The Morgan fingerprint density at radius 2 is 2.15 bits per heavy atom. The molecule has 0 saturated carbocycles. The molecule has 0 bridgehead atoms. The molecule has 0 atom stereocenters. The summed E-state index contributed by atoms with van der Waals surface area (Å²) in [4.78, 5) is 10.6. The van der Waals surface area contributed by atoms with Crippen LogP contribution in [0.3, 0.4) is 0 Å². The molecular formula is C7H7BrFN3O. The Balaban J connectivity index is 3.08. The minimum atomic E-state index is -0.916. The van der Waals surface area contributed by atoms with E-state index in [2.05, 4.69) is 15.9 Å². The molecule has 0 spiro atoms. The maximum absolute atomic E-state index is 13.1. The van der Waals surface area contributed by atoms with Crippen LogP contribution in [0.4, 0.5) is 14.9 Å². The molecule has 1 aromatic rings. The molecule has 0 aliphatic carbocycles. The molecule has 0 aliphatic heterocycles. The van der Waals surface area contributed by atoms with Crippen LogP contribution >= 0.6 is 15.9 Å². The first-order valence-corrected chi connectivity index (χ1v) is 4.11. The third-order valence-electron chi connectivity index (χ3n) is 1.41. The molecule has 1 rings (SSSR count). The number of primary amides is 1. The standard InChI is InChI=1S/C7H7BrFN3O/c8-4-1-2-6(5(9)3-4)12(11)7(10)13/h1-3H,11H2,(H2,10,13). The van der Waals surface area contributed by atoms with Crippen LogP contribution in [-0.2, 0) is 0 Å². The van der Waals surface area contributed by atoms with E-state index >= 15 is 0 Å². The van der Waals surface area contributed by atoms with Crippen molar-refractivity contribution in [3.63, 3.8) is 0 Å². The van der Waals surface area contributed by atoms with Gasteiger partial charge >= 0.3 is 6.03 Å². The van der Waals surface area contributed by atoms with Crippen molar-refractivity contribution in [2.75, 3.05) is 5.01 Å². The molecule has 2 amide bonds. The van der Waals surface area contributed by atoms with Gasteiger partial charge in [0.05, 0.1) is 5.69 Å². The van der Waals surface area contributed by atoms with Crippen LogP contribution in [0, 0.1) is 5.82 Å². The molecule has 0 unspecified atom stereocenters. The number of urea groups is 1. The fraction of sp³-hybridized carbons (Fsp3) is 0. The second kappa shape index (κ2) is 3.71. The first-order valence-electron chi connectivity index (χ1n) is 3.31. The van der Waals surface area contributed by atoms with E-state index < -0.39 is 11.8 Å². The van der Waals surface area contributed by atoms with Gasteiger partial charge in [0.25, 0.3) is 0 Å². The van der Waals surface area contributed by atoms with Crippen LogP contribution in [-0.4, -0.2) is 6.03 Å². The summed E-state index contributed by atoms with van der Waals surface area (Å²) in [5.74, 6) is 4.58. The molecule has 0 aromatic heterocycles. The summed E-state index contributed by atoms with van der Waals surface area (Å²) in [6.45, 7) is 0. The molecule has 0 radical (unpaired) electrons. The topological polar surface area (TPSA) is 72.4 Å². The van der Waals surface area contributed by atoms with Gasteiger partial charge in [-0.2, -0.15) is 0 Å². The number of amides is 2. The lowest BCUT2D eigenvalue weighted by atomic mass is 10.3. The predicted molar refractivity (Wildman–Crippen MR) is 50.3 cm³/mol. The van der Waals surface area contributed by atoms with Crippen LogP contribution in [0.5, 0.6) is 0 Å². The summed E-state index contributed by atoms with van der Waals surface area (Å²) < 4.78 is 13.7. The molecule has 0 heterocycles. The van der Waals surface area contributed by atoms with Crippen molar-refractivity contribution in [1.29, 1.82) is 0 Å². The van der Waals surface area contributed by atoms with Gasteiger partial charge in [-0.1, -0.05) is 15.9 Å². The van der Waals surface area contributed by atoms with Gasteiger partial charge in [-0.25, -0.2) is 20.0 Å². The minimum Gasteiger partial charge on any atom is -0.350 e. The number of carbonyl (C=O) groups excluding carboxylic acids is 1. The zero-order valence-electron chi connectivity index (χ0n) is 6.50. The third kappa shape index (κ3) is 2.16. The number of hydrogen-bond acceptors (Lipinski definition) is 2. The second-order valence-corrected chi connectivity index (χ2v) is 3.22. The number of nitrogens with zero attached hydrogens (tertiary/aromatic N) is 1. The largest absolute Gasteiger partial charge is 0.350 e. The molecule has 6 heteroatoms. The fourth-order valence-electron chi connectivity index (χ4n) is 0.795. The van der Waals surface area contributed by atoms with Crippen LogP contribution in [0.2, 0.25) is 0 Å². The molecular weight excluding hydrogens is 241 g/mol. The Bertz CT molecular complexity index is 345. The van der Waals surface area contributed by atoms with Crippen LogP contribution in [0.1, 0.15) is 0 Å². The van der Waals surface area contributed by atoms with Gasteiger partial charge in [-0.15, -0.1) is 0 Å². The Morgan fingerprint density at radius 3 is 2.62 bits per heavy atom. The zero-order chi connectivity index (χ0) is 10.0. The van der Waals surface area contributed by atoms with E-state index in [-0.39, 0.29) is 5.69 Å². The molecule has 13 heavy (non-hydrogen) atoms. The highest BCUT2D eigenvalue weighted by atomic mass is 79.9. The normalized spacial score (nSPS) is 9.77. The van der Waals surface area contributed by atoms with E-state index in [0.717, 1.165) is 0 Å². The Morgan fingerprint density at radius 1 is 1.54 bits per heavy atom. The average molecular weight is 248 g/mol. The molecule has 4 nitrogen and oxygen atoms in total. The number of carbonyl (C=O) groups is 1. The Kier molecular flexibility index (Phi) is 2.84. The highest BCUT2D eigenvalue weighted by molar-refractivity contribution is 9.10. The van der Waals surface area contributed by atoms with E-state index in [9.17, 15) is 9.18 Å². The maximum Gasteiger partial charge on any atom is 0.333 e. The number of rotatable bonds is 1. The Labute approximate surface area is 82.4 Å². The molecule has 0 fully saturated rings. The van der Waals surface area contributed by atoms with Crippen LogP contribution in [0.15, 0.2) is 22.7 Å². The van der Waals surface area contributed by atoms with Crippen molar-refractivity contribution in [2.24, 2.45) is 11.6 Å². The third-order valence-corrected chi connectivity index (χ3v) is 1.90. The van der Waals surface area contributed by atoms with Gasteiger partial charge in [-0.3, -0.25) is 0 Å². The summed E-state index contributed by atoms with van der Waals surface area (Å²) in [5.41, 5.74) is 4.80. The first-order chi connectivity index (χ1) is 6.02. The van der Waals surface area contributed by atoms with E-state index in [1.165, 1.54) is 12.1 Å². The highest BCUT2D eigenvalue weighted by Crippen LogP contribution is 2.20. The van der Waals surface area contributed by atoms with Gasteiger partial charge in [0.2, 0.25) is 0 Å². The lowest BCUT2D eigenvalue weighted by molar-refractivity contribution is 0.254. The summed E-state index contributed by atoms with van der Waals surface area (Å²) in [6, 6.07) is 3.19. The quantitative estimate of drug-likeness (QED) is 0.447. The van der Waals surface area contributed by atoms with Crippen LogP contribution < -0.4 is 16.6 Å². The van der Waals surface area contributed by atoms with Gasteiger partial charge in [0.1, 0.15) is 5.82 Å². The minimum absolute atomic E-state index is 0.0595. The van der Waals surface area contributed by atoms with Crippen molar-refractivity contribution in [3.8, 4) is 0 Å². The number of halogens is 2. The summed E-state index contributed by atoms with van der Waals surface area (Å²) >= 11 is 3.07. The van der Waals surface area contributed by atoms with Crippen molar-refractivity contribution in [1.82, 2.24) is 0 Å². The molecule has 70 valence electrons. The number of benzene rings is 1. The maximum atomic E-state index is 13.1. The summed E-state index contributed by atoms with van der Waals surface area (Å²) in [7, 11) is 0. The first kappa shape index (κ1) is 9.94. The van der Waals surface area contributed by atoms with Gasteiger partial charge in [0.15, 0.2) is 0 Å². The summed E-state index contributed by atoms with van der Waals surface area (Å²) in [5, 5.41) is 0.543.